The average Bonchev–Trinajstić information content (AvgIpc) is 3.42. The fourth-order valence-corrected chi connectivity index (χ4v) is 3.95. The van der Waals surface area contributed by atoms with Gasteiger partial charge in [0.25, 0.3) is 5.89 Å². The van der Waals surface area contributed by atoms with Gasteiger partial charge in [0.1, 0.15) is 5.58 Å². The van der Waals surface area contributed by atoms with Crippen LogP contribution in [-0.4, -0.2) is 38.2 Å². The van der Waals surface area contributed by atoms with E-state index in [1.807, 2.05) is 24.5 Å². The van der Waals surface area contributed by atoms with Crippen molar-refractivity contribution in [1.82, 2.24) is 25.1 Å². The largest absolute Gasteiger partial charge is 0.451 e. The second-order valence-corrected chi connectivity index (χ2v) is 7.82. The summed E-state index contributed by atoms with van der Waals surface area (Å²) in [6, 6.07) is 3.70. The molecule has 0 unspecified atom stereocenters. The van der Waals surface area contributed by atoms with Crippen molar-refractivity contribution in [3.8, 4) is 11.7 Å². The van der Waals surface area contributed by atoms with Gasteiger partial charge in [0.05, 0.1) is 0 Å². The first-order valence-electron chi connectivity index (χ1n) is 10.5. The lowest BCUT2D eigenvalue weighted by Gasteiger charge is -2.31. The lowest BCUT2D eigenvalue weighted by Crippen LogP contribution is -2.35. The number of piperidine rings is 1. The van der Waals surface area contributed by atoms with E-state index in [4.69, 9.17) is 8.94 Å². The van der Waals surface area contributed by atoms with Crippen molar-refractivity contribution in [2.45, 2.75) is 39.0 Å². The van der Waals surface area contributed by atoms with Gasteiger partial charge in [0, 0.05) is 49.7 Å². The Kier molecular flexibility index (Phi) is 5.13. The van der Waals surface area contributed by atoms with Crippen LogP contribution in [0.25, 0.3) is 22.6 Å². The Balaban J connectivity index is 1.19. The van der Waals surface area contributed by atoms with Crippen molar-refractivity contribution in [2.75, 3.05) is 18.0 Å². The molecule has 1 saturated heterocycles. The molecule has 0 atom stereocenters. The Morgan fingerprint density at radius 1 is 1.13 bits per heavy atom. The number of nitrogens with zero attached hydrogens (tertiary/aromatic N) is 6. The molecule has 4 aromatic heterocycles. The van der Waals surface area contributed by atoms with Gasteiger partial charge < -0.3 is 13.8 Å². The van der Waals surface area contributed by atoms with Crippen molar-refractivity contribution >= 4 is 16.9 Å². The van der Waals surface area contributed by atoms with Crippen LogP contribution in [0.15, 0.2) is 45.9 Å². The Labute approximate surface area is 174 Å². The van der Waals surface area contributed by atoms with E-state index in [0.717, 1.165) is 67.9 Å². The van der Waals surface area contributed by atoms with E-state index >= 15 is 0 Å². The van der Waals surface area contributed by atoms with Gasteiger partial charge in [0.15, 0.2) is 11.6 Å². The molecule has 0 radical (unpaired) electrons. The lowest BCUT2D eigenvalue weighted by molar-refractivity contribution is 0.374. The van der Waals surface area contributed by atoms with Gasteiger partial charge in [-0.3, -0.25) is 4.98 Å². The number of hydrogen-bond acceptors (Lipinski definition) is 8. The fraction of sp³-hybridized carbons (Fsp3) is 0.409. The van der Waals surface area contributed by atoms with E-state index in [-0.39, 0.29) is 0 Å². The Morgan fingerprint density at radius 2 is 1.97 bits per heavy atom. The highest BCUT2D eigenvalue weighted by Gasteiger charge is 2.23. The van der Waals surface area contributed by atoms with E-state index in [2.05, 4.69) is 36.9 Å². The highest BCUT2D eigenvalue weighted by Crippen LogP contribution is 2.27. The van der Waals surface area contributed by atoms with Crippen LogP contribution >= 0.6 is 0 Å². The number of rotatable bonds is 6. The fourth-order valence-electron chi connectivity index (χ4n) is 3.95. The maximum atomic E-state index is 5.79. The molecule has 0 spiro atoms. The SMILES string of the molecule is CCCc1cnc(N2CCC(Cc3noc(-c4cc5cnccc5o4)n3)CC2)nc1. The molecule has 1 aliphatic heterocycles. The maximum Gasteiger partial charge on any atom is 0.293 e. The molecule has 0 saturated carbocycles. The molecule has 0 aliphatic carbocycles. The second-order valence-electron chi connectivity index (χ2n) is 7.82. The third kappa shape index (κ3) is 3.90. The lowest BCUT2D eigenvalue weighted by atomic mass is 9.93. The number of pyridine rings is 1. The van der Waals surface area contributed by atoms with Crippen LogP contribution in [0.4, 0.5) is 5.95 Å². The first-order chi connectivity index (χ1) is 14.8. The Morgan fingerprint density at radius 3 is 2.73 bits per heavy atom. The molecular weight excluding hydrogens is 380 g/mol. The van der Waals surface area contributed by atoms with Gasteiger partial charge in [-0.2, -0.15) is 4.98 Å². The van der Waals surface area contributed by atoms with Gasteiger partial charge in [-0.1, -0.05) is 18.5 Å². The molecular formula is C22H24N6O2. The minimum Gasteiger partial charge on any atom is -0.451 e. The van der Waals surface area contributed by atoms with Gasteiger partial charge >= 0.3 is 0 Å². The molecule has 8 nitrogen and oxygen atoms in total. The summed E-state index contributed by atoms with van der Waals surface area (Å²) in [5.41, 5.74) is 1.96. The van der Waals surface area contributed by atoms with Gasteiger partial charge in [0.2, 0.25) is 5.95 Å². The standard InChI is InChI=1S/C22H24N6O2/c1-2-3-16-12-24-22(25-13-16)28-8-5-15(6-9-28)10-20-26-21(30-27-20)19-11-17-14-23-7-4-18(17)29-19/h4,7,11-15H,2-3,5-6,8-10H2,1H3. The van der Waals surface area contributed by atoms with E-state index in [9.17, 15) is 0 Å². The van der Waals surface area contributed by atoms with Crippen molar-refractivity contribution < 1.29 is 8.94 Å². The number of anilines is 1. The number of aryl methyl sites for hydroxylation is 1. The zero-order valence-corrected chi connectivity index (χ0v) is 17.0. The summed E-state index contributed by atoms with van der Waals surface area (Å²) in [5, 5.41) is 5.08. The van der Waals surface area contributed by atoms with Gasteiger partial charge in [-0.25, -0.2) is 9.97 Å². The normalized spacial score (nSPS) is 15.2. The topological polar surface area (TPSA) is 94.0 Å². The minimum atomic E-state index is 0.416. The number of furan rings is 1. The van der Waals surface area contributed by atoms with Crippen LogP contribution in [0.1, 0.15) is 37.6 Å². The molecule has 30 heavy (non-hydrogen) atoms. The molecule has 0 amide bonds. The molecule has 4 aromatic rings. The van der Waals surface area contributed by atoms with Crippen LogP contribution in [0, 0.1) is 5.92 Å². The van der Waals surface area contributed by atoms with E-state index < -0.39 is 0 Å². The summed E-state index contributed by atoms with van der Waals surface area (Å²) < 4.78 is 11.2. The van der Waals surface area contributed by atoms with Crippen LogP contribution in [-0.2, 0) is 12.8 Å². The van der Waals surface area contributed by atoms with E-state index in [1.54, 1.807) is 12.4 Å². The molecule has 5 heterocycles. The molecule has 154 valence electrons. The second kappa shape index (κ2) is 8.22. The Bertz CT molecular complexity index is 1080. The van der Waals surface area contributed by atoms with Crippen LogP contribution in [0.5, 0.6) is 0 Å². The summed E-state index contributed by atoms with van der Waals surface area (Å²) in [5.74, 6) is 3.07. The molecule has 5 rings (SSSR count). The monoisotopic (exact) mass is 404 g/mol. The van der Waals surface area contributed by atoms with E-state index in [1.165, 1.54) is 5.56 Å². The zero-order chi connectivity index (χ0) is 20.3. The molecule has 0 bridgehead atoms. The first-order valence-corrected chi connectivity index (χ1v) is 10.5. The first kappa shape index (κ1) is 18.7. The zero-order valence-electron chi connectivity index (χ0n) is 17.0. The van der Waals surface area contributed by atoms with Gasteiger partial charge in [-0.15, -0.1) is 0 Å². The molecule has 1 aliphatic rings. The molecule has 1 fully saturated rings. The number of aromatic nitrogens is 5. The summed E-state index contributed by atoms with van der Waals surface area (Å²) in [7, 11) is 0. The third-order valence-corrected chi connectivity index (χ3v) is 5.59. The maximum absolute atomic E-state index is 5.79. The molecule has 0 N–H and O–H groups in total. The summed E-state index contributed by atoms with van der Waals surface area (Å²) in [6.07, 6.45) is 12.4. The summed E-state index contributed by atoms with van der Waals surface area (Å²) in [6.45, 7) is 4.05. The van der Waals surface area contributed by atoms with Crippen LogP contribution in [0.3, 0.4) is 0 Å². The van der Waals surface area contributed by atoms with Crippen molar-refractivity contribution in [3.63, 3.8) is 0 Å². The van der Waals surface area contributed by atoms with Crippen LogP contribution in [0.2, 0.25) is 0 Å². The van der Waals surface area contributed by atoms with Crippen LogP contribution < -0.4 is 4.90 Å². The predicted molar refractivity (Wildman–Crippen MR) is 112 cm³/mol. The van der Waals surface area contributed by atoms with E-state index in [0.29, 0.717) is 17.6 Å². The number of fused-ring (bicyclic) bond motifs is 1. The predicted octanol–water partition coefficient (Wildman–Crippen LogP) is 4.08. The summed E-state index contributed by atoms with van der Waals surface area (Å²) in [4.78, 5) is 20.0. The third-order valence-electron chi connectivity index (χ3n) is 5.59. The Hall–Kier alpha value is -3.29. The number of hydrogen-bond donors (Lipinski definition) is 0. The van der Waals surface area contributed by atoms with Crippen molar-refractivity contribution in [1.29, 1.82) is 0 Å². The smallest absolute Gasteiger partial charge is 0.293 e. The van der Waals surface area contributed by atoms with Crippen molar-refractivity contribution in [2.24, 2.45) is 5.92 Å². The van der Waals surface area contributed by atoms with Gasteiger partial charge in [-0.05, 0) is 42.9 Å². The minimum absolute atomic E-state index is 0.416. The highest BCUT2D eigenvalue weighted by atomic mass is 16.5. The quantitative estimate of drug-likeness (QED) is 0.474. The van der Waals surface area contributed by atoms with Crippen molar-refractivity contribution in [3.05, 3.63) is 48.3 Å². The molecule has 8 heteroatoms. The highest BCUT2D eigenvalue weighted by molar-refractivity contribution is 5.80. The summed E-state index contributed by atoms with van der Waals surface area (Å²) >= 11 is 0. The average molecular weight is 404 g/mol. The molecule has 0 aromatic carbocycles.